The molecule has 2 fully saturated rings. The number of likely N-dealkylation sites (tertiary alicyclic amines) is 2. The van der Waals surface area contributed by atoms with Gasteiger partial charge in [0.15, 0.2) is 11.6 Å². The summed E-state index contributed by atoms with van der Waals surface area (Å²) < 4.78 is 26.4. The van der Waals surface area contributed by atoms with E-state index in [-0.39, 0.29) is 11.3 Å². The van der Waals surface area contributed by atoms with Crippen LogP contribution in [0.2, 0.25) is 0 Å². The van der Waals surface area contributed by atoms with Gasteiger partial charge in [0.25, 0.3) is 0 Å². The van der Waals surface area contributed by atoms with E-state index in [1.165, 1.54) is 11.6 Å². The lowest BCUT2D eigenvalue weighted by Crippen LogP contribution is -2.42. The van der Waals surface area contributed by atoms with E-state index in [0.29, 0.717) is 18.5 Å². The molecular weight excluding hydrogens is 322 g/mol. The zero-order valence-electron chi connectivity index (χ0n) is 15.0. The van der Waals surface area contributed by atoms with Crippen LogP contribution in [-0.2, 0) is 11.3 Å². The average Bonchev–Trinajstić information content (AvgIpc) is 2.88. The highest BCUT2D eigenvalue weighted by atomic mass is 19.2. The zero-order chi connectivity index (χ0) is 18.0. The lowest BCUT2D eigenvalue weighted by atomic mass is 9.77. The third-order valence-electron chi connectivity index (χ3n) is 5.65. The Hall–Kier alpha value is -1.75. The summed E-state index contributed by atoms with van der Waals surface area (Å²) in [5.41, 5.74) is 2.07. The molecule has 0 radical (unpaired) electrons. The fourth-order valence-corrected chi connectivity index (χ4v) is 3.95. The van der Waals surface area contributed by atoms with E-state index in [2.05, 4.69) is 24.8 Å². The van der Waals surface area contributed by atoms with Crippen LogP contribution in [0, 0.1) is 17.0 Å². The number of halogens is 2. The molecule has 1 aromatic carbocycles. The molecule has 0 aromatic heterocycles. The molecule has 1 spiro atoms. The van der Waals surface area contributed by atoms with Gasteiger partial charge in [-0.15, -0.1) is 0 Å². The number of nitrogens with zero attached hydrogens (tertiary/aromatic N) is 2. The Morgan fingerprint density at radius 3 is 2.60 bits per heavy atom. The molecule has 0 unspecified atom stereocenters. The Balaban J connectivity index is 1.60. The second kappa shape index (κ2) is 7.24. The molecule has 136 valence electrons. The maximum atomic E-state index is 13.4. The smallest absolute Gasteiger partial charge is 0.223 e. The van der Waals surface area contributed by atoms with E-state index in [4.69, 9.17) is 0 Å². The maximum Gasteiger partial charge on any atom is 0.223 e. The summed E-state index contributed by atoms with van der Waals surface area (Å²) >= 11 is 0. The number of benzene rings is 1. The van der Waals surface area contributed by atoms with Gasteiger partial charge in [0.05, 0.1) is 0 Å². The Morgan fingerprint density at radius 1 is 1.24 bits per heavy atom. The molecule has 5 heteroatoms. The highest BCUT2D eigenvalue weighted by Gasteiger charge is 2.44. The van der Waals surface area contributed by atoms with Crippen molar-refractivity contribution in [1.82, 2.24) is 9.80 Å². The van der Waals surface area contributed by atoms with Crippen molar-refractivity contribution < 1.29 is 13.6 Å². The van der Waals surface area contributed by atoms with Crippen LogP contribution in [-0.4, -0.2) is 41.9 Å². The lowest BCUT2D eigenvalue weighted by Gasteiger charge is -2.39. The molecular formula is C20H26F2N2O. The molecule has 2 aliphatic heterocycles. The monoisotopic (exact) mass is 348 g/mol. The molecule has 3 rings (SSSR count). The topological polar surface area (TPSA) is 23.6 Å². The van der Waals surface area contributed by atoms with Gasteiger partial charge < -0.3 is 4.90 Å². The van der Waals surface area contributed by atoms with Crippen molar-refractivity contribution in [1.29, 1.82) is 0 Å². The number of carbonyl (C=O) groups excluding carboxylic acids is 1. The first-order valence-electron chi connectivity index (χ1n) is 8.97. The molecule has 1 aromatic rings. The zero-order valence-corrected chi connectivity index (χ0v) is 15.0. The van der Waals surface area contributed by atoms with Gasteiger partial charge in [0.2, 0.25) is 5.91 Å². The number of piperidine rings is 1. The Bertz CT molecular complexity index is 678. The molecule has 0 saturated carbocycles. The summed E-state index contributed by atoms with van der Waals surface area (Å²) in [6.07, 6.45) is 4.76. The first-order chi connectivity index (χ1) is 11.9. The maximum absolute atomic E-state index is 13.4. The average molecular weight is 348 g/mol. The summed E-state index contributed by atoms with van der Waals surface area (Å²) in [6, 6.07) is 3.87. The number of carbonyl (C=O) groups is 1. The second-order valence-corrected chi connectivity index (χ2v) is 7.59. The summed E-state index contributed by atoms with van der Waals surface area (Å²) in [5.74, 6) is -1.58. The van der Waals surface area contributed by atoms with Crippen molar-refractivity contribution in [3.63, 3.8) is 0 Å². The van der Waals surface area contributed by atoms with Gasteiger partial charge in [-0.3, -0.25) is 9.69 Å². The van der Waals surface area contributed by atoms with Crippen molar-refractivity contribution in [2.75, 3.05) is 26.2 Å². The van der Waals surface area contributed by atoms with Crippen LogP contribution in [0.25, 0.3) is 0 Å². The third kappa shape index (κ3) is 4.09. The fourth-order valence-electron chi connectivity index (χ4n) is 3.95. The van der Waals surface area contributed by atoms with Crippen molar-refractivity contribution in [2.45, 2.75) is 39.7 Å². The van der Waals surface area contributed by atoms with Gasteiger partial charge in [-0.25, -0.2) is 8.78 Å². The Labute approximate surface area is 148 Å². The number of hydrogen-bond donors (Lipinski definition) is 0. The lowest BCUT2D eigenvalue weighted by molar-refractivity contribution is -0.128. The quantitative estimate of drug-likeness (QED) is 0.774. The molecule has 1 amide bonds. The van der Waals surface area contributed by atoms with E-state index in [0.717, 1.165) is 45.1 Å². The number of rotatable bonds is 4. The molecule has 0 bridgehead atoms. The van der Waals surface area contributed by atoms with Crippen LogP contribution < -0.4 is 0 Å². The van der Waals surface area contributed by atoms with Crippen LogP contribution in [0.5, 0.6) is 0 Å². The minimum Gasteiger partial charge on any atom is -0.338 e. The van der Waals surface area contributed by atoms with Crippen LogP contribution >= 0.6 is 0 Å². The highest BCUT2D eigenvalue weighted by Crippen LogP contribution is 2.41. The molecule has 2 aliphatic rings. The molecule has 0 N–H and O–H groups in total. The van der Waals surface area contributed by atoms with Crippen molar-refractivity contribution in [2.24, 2.45) is 5.41 Å². The first kappa shape index (κ1) is 18.1. The number of hydrogen-bond acceptors (Lipinski definition) is 2. The molecule has 2 heterocycles. The van der Waals surface area contributed by atoms with E-state index in [1.54, 1.807) is 11.0 Å². The summed E-state index contributed by atoms with van der Waals surface area (Å²) in [5, 5.41) is 0. The predicted molar refractivity (Wildman–Crippen MR) is 93.9 cm³/mol. The van der Waals surface area contributed by atoms with Crippen LogP contribution in [0.1, 0.15) is 38.7 Å². The minimum absolute atomic E-state index is 0.0516. The summed E-state index contributed by atoms with van der Waals surface area (Å²) in [6.45, 7) is 8.31. The van der Waals surface area contributed by atoms with E-state index < -0.39 is 11.6 Å². The van der Waals surface area contributed by atoms with Gasteiger partial charge in [-0.2, -0.15) is 0 Å². The van der Waals surface area contributed by atoms with Crippen molar-refractivity contribution in [3.8, 4) is 0 Å². The molecule has 3 nitrogen and oxygen atoms in total. The molecule has 25 heavy (non-hydrogen) atoms. The van der Waals surface area contributed by atoms with Crippen molar-refractivity contribution in [3.05, 3.63) is 47.0 Å². The van der Waals surface area contributed by atoms with E-state index >= 15 is 0 Å². The van der Waals surface area contributed by atoms with E-state index in [9.17, 15) is 13.6 Å². The largest absolute Gasteiger partial charge is 0.338 e. The third-order valence-corrected chi connectivity index (χ3v) is 5.65. The van der Waals surface area contributed by atoms with Crippen LogP contribution in [0.4, 0.5) is 8.78 Å². The number of allylic oxidation sites excluding steroid dienone is 1. The van der Waals surface area contributed by atoms with E-state index in [1.807, 2.05) is 0 Å². The van der Waals surface area contributed by atoms with Gasteiger partial charge in [0, 0.05) is 26.1 Å². The first-order valence-corrected chi connectivity index (χ1v) is 8.97. The summed E-state index contributed by atoms with van der Waals surface area (Å²) in [4.78, 5) is 16.7. The fraction of sp³-hybridized carbons (Fsp3) is 0.550. The van der Waals surface area contributed by atoms with Crippen LogP contribution in [0.3, 0.4) is 0 Å². The SMILES string of the molecule is C/C=C(\C)CN1CCC2(CC1)CC(=O)N(Cc1ccc(F)c(F)c1)C2. The van der Waals surface area contributed by atoms with Gasteiger partial charge in [-0.05, 0) is 62.9 Å². The van der Waals surface area contributed by atoms with Crippen molar-refractivity contribution >= 4 is 5.91 Å². The van der Waals surface area contributed by atoms with Crippen LogP contribution in [0.15, 0.2) is 29.8 Å². The molecule has 0 aliphatic carbocycles. The molecule has 0 atom stereocenters. The molecule has 2 saturated heterocycles. The van der Waals surface area contributed by atoms with Gasteiger partial charge in [0.1, 0.15) is 0 Å². The Morgan fingerprint density at radius 2 is 1.96 bits per heavy atom. The van der Waals surface area contributed by atoms with Gasteiger partial charge >= 0.3 is 0 Å². The Kier molecular flexibility index (Phi) is 5.23. The standard InChI is InChI=1S/C20H26F2N2O/c1-3-15(2)12-23-8-6-20(7-9-23)11-19(25)24(14-20)13-16-4-5-17(21)18(22)10-16/h3-5,10H,6-9,11-14H2,1-2H3/b15-3+. The second-order valence-electron chi connectivity index (χ2n) is 7.59. The highest BCUT2D eigenvalue weighted by molar-refractivity contribution is 5.79. The summed E-state index contributed by atoms with van der Waals surface area (Å²) in [7, 11) is 0. The normalized spacial score (nSPS) is 21.4. The van der Waals surface area contributed by atoms with Gasteiger partial charge in [-0.1, -0.05) is 17.7 Å². The minimum atomic E-state index is -0.855. The predicted octanol–water partition coefficient (Wildman–Crippen LogP) is 3.75. The number of amides is 1.